The summed E-state index contributed by atoms with van der Waals surface area (Å²) in [6.07, 6.45) is 0. The Kier molecular flexibility index (Phi) is 6.46. The lowest BCUT2D eigenvalue weighted by Crippen LogP contribution is -2.25. The highest BCUT2D eigenvalue weighted by Crippen LogP contribution is 2.33. The van der Waals surface area contributed by atoms with Crippen molar-refractivity contribution in [2.24, 2.45) is 12.0 Å². The molecule has 5 aromatic rings. The van der Waals surface area contributed by atoms with Crippen LogP contribution in [0, 0.1) is 6.92 Å². The summed E-state index contributed by atoms with van der Waals surface area (Å²) in [7, 11) is 1.86. The molecule has 3 aromatic carbocycles. The summed E-state index contributed by atoms with van der Waals surface area (Å²) in [5, 5.41) is 5.55. The molecule has 1 N–H and O–H groups in total. The highest BCUT2D eigenvalue weighted by Gasteiger charge is 2.19. The van der Waals surface area contributed by atoms with Crippen LogP contribution in [0.25, 0.3) is 16.9 Å². The van der Waals surface area contributed by atoms with Crippen LogP contribution in [0.5, 0.6) is 5.75 Å². The standard InChI is InChI=1S/C29H24ClN5O3S/c1-18-27(28(37)35(33(18)2)22-6-4-3-5-7-22)32-29-34(15-19-8-11-21(30)12-9-19)24(17-39-29)20-10-13-25-23(14-20)31-26(36)16-38-25/h3-14,17H,15-16H2,1-2H3,(H,31,36). The van der Waals surface area contributed by atoms with Crippen LogP contribution in [-0.2, 0) is 18.4 Å². The summed E-state index contributed by atoms with van der Waals surface area (Å²) in [5.74, 6) is 0.438. The molecule has 0 saturated carbocycles. The van der Waals surface area contributed by atoms with E-state index in [1.807, 2.05) is 96.8 Å². The Labute approximate surface area is 233 Å². The molecule has 0 spiro atoms. The number of hydrogen-bond acceptors (Lipinski definition) is 5. The van der Waals surface area contributed by atoms with Gasteiger partial charge in [0.15, 0.2) is 17.1 Å². The van der Waals surface area contributed by atoms with Crippen LogP contribution in [0.4, 0.5) is 11.4 Å². The Balaban J connectivity index is 1.52. The molecule has 0 bridgehead atoms. The van der Waals surface area contributed by atoms with Gasteiger partial charge in [-0.15, -0.1) is 11.3 Å². The highest BCUT2D eigenvalue weighted by molar-refractivity contribution is 7.07. The highest BCUT2D eigenvalue weighted by atomic mass is 35.5. The molecule has 0 aliphatic carbocycles. The second kappa shape index (κ2) is 10.1. The number of ether oxygens (including phenoxy) is 1. The molecule has 0 atom stereocenters. The molecule has 1 amide bonds. The summed E-state index contributed by atoms with van der Waals surface area (Å²) < 4.78 is 11.1. The lowest BCUT2D eigenvalue weighted by molar-refractivity contribution is -0.118. The molecule has 2 aromatic heterocycles. The molecule has 6 rings (SSSR count). The number of thiazole rings is 1. The van der Waals surface area contributed by atoms with Crippen molar-refractivity contribution in [2.75, 3.05) is 11.9 Å². The molecule has 0 unspecified atom stereocenters. The van der Waals surface area contributed by atoms with E-state index in [1.165, 1.54) is 11.3 Å². The van der Waals surface area contributed by atoms with Gasteiger partial charge in [0.1, 0.15) is 5.75 Å². The van der Waals surface area contributed by atoms with Crippen molar-refractivity contribution >= 4 is 40.2 Å². The van der Waals surface area contributed by atoms with Crippen molar-refractivity contribution in [3.63, 3.8) is 0 Å². The van der Waals surface area contributed by atoms with Gasteiger partial charge in [-0.25, -0.2) is 9.67 Å². The monoisotopic (exact) mass is 557 g/mol. The number of hydrogen-bond donors (Lipinski definition) is 1. The predicted octanol–water partition coefficient (Wildman–Crippen LogP) is 5.28. The second-order valence-corrected chi connectivity index (χ2v) is 10.5. The van der Waals surface area contributed by atoms with Crippen molar-refractivity contribution in [1.29, 1.82) is 0 Å². The summed E-state index contributed by atoms with van der Waals surface area (Å²) in [6.45, 7) is 2.40. The minimum absolute atomic E-state index is 0.00132. The third kappa shape index (κ3) is 4.71. The smallest absolute Gasteiger partial charge is 0.297 e. The number of rotatable bonds is 5. The molecular weight excluding hydrogens is 534 g/mol. The van der Waals surface area contributed by atoms with Gasteiger partial charge in [-0.1, -0.05) is 41.9 Å². The number of amides is 1. The maximum absolute atomic E-state index is 13.6. The van der Waals surface area contributed by atoms with E-state index < -0.39 is 0 Å². The SMILES string of the molecule is Cc1c(N=c2scc(-c3ccc4c(c3)NC(=O)CO4)n2Cc2ccc(Cl)cc2)c(=O)n(-c2ccccc2)n1C. The van der Waals surface area contributed by atoms with E-state index >= 15 is 0 Å². The summed E-state index contributed by atoms with van der Waals surface area (Å²) in [6, 6.07) is 22.9. The van der Waals surface area contributed by atoms with E-state index in [0.29, 0.717) is 33.5 Å². The van der Waals surface area contributed by atoms with Crippen molar-refractivity contribution in [3.8, 4) is 22.7 Å². The zero-order valence-corrected chi connectivity index (χ0v) is 22.8. The number of anilines is 1. The maximum atomic E-state index is 13.6. The predicted molar refractivity (Wildman–Crippen MR) is 153 cm³/mol. The van der Waals surface area contributed by atoms with Crippen LogP contribution in [0.1, 0.15) is 11.3 Å². The Morgan fingerprint density at radius 2 is 1.82 bits per heavy atom. The summed E-state index contributed by atoms with van der Waals surface area (Å²) >= 11 is 7.58. The number of para-hydroxylation sites is 1. The molecule has 10 heteroatoms. The Morgan fingerprint density at radius 1 is 1.05 bits per heavy atom. The quantitative estimate of drug-likeness (QED) is 0.319. The summed E-state index contributed by atoms with van der Waals surface area (Å²) in [4.78, 5) is 31.1. The Bertz CT molecular complexity index is 1830. The van der Waals surface area contributed by atoms with E-state index in [9.17, 15) is 9.59 Å². The maximum Gasteiger partial charge on any atom is 0.297 e. The van der Waals surface area contributed by atoms with Gasteiger partial charge < -0.3 is 14.6 Å². The second-order valence-electron chi connectivity index (χ2n) is 9.19. The first-order chi connectivity index (χ1) is 18.9. The van der Waals surface area contributed by atoms with Gasteiger partial charge in [0, 0.05) is 23.0 Å². The molecule has 1 aliphatic heterocycles. The number of carbonyl (C=O) groups is 1. The van der Waals surface area contributed by atoms with Gasteiger partial charge in [0.25, 0.3) is 11.5 Å². The lowest BCUT2D eigenvalue weighted by atomic mass is 10.1. The molecule has 8 nitrogen and oxygen atoms in total. The van der Waals surface area contributed by atoms with Crippen LogP contribution in [0.2, 0.25) is 5.02 Å². The minimum atomic E-state index is -0.192. The number of benzene rings is 3. The molecule has 3 heterocycles. The number of carbonyl (C=O) groups excluding carboxylic acids is 1. The van der Waals surface area contributed by atoms with Crippen LogP contribution in [0.15, 0.2) is 88.0 Å². The minimum Gasteiger partial charge on any atom is -0.482 e. The molecule has 0 saturated heterocycles. The van der Waals surface area contributed by atoms with Crippen molar-refractivity contribution in [1.82, 2.24) is 13.9 Å². The topological polar surface area (TPSA) is 82.6 Å². The van der Waals surface area contributed by atoms with E-state index in [2.05, 4.69) is 9.88 Å². The zero-order valence-electron chi connectivity index (χ0n) is 21.2. The van der Waals surface area contributed by atoms with Crippen LogP contribution >= 0.6 is 22.9 Å². The van der Waals surface area contributed by atoms with Crippen molar-refractivity contribution in [2.45, 2.75) is 13.5 Å². The van der Waals surface area contributed by atoms with Gasteiger partial charge >= 0.3 is 0 Å². The van der Waals surface area contributed by atoms with Gasteiger partial charge in [0.05, 0.1) is 29.3 Å². The van der Waals surface area contributed by atoms with Gasteiger partial charge in [0.2, 0.25) is 0 Å². The van der Waals surface area contributed by atoms with Crippen LogP contribution in [0.3, 0.4) is 0 Å². The largest absolute Gasteiger partial charge is 0.482 e. The molecular formula is C29H24ClN5O3S. The van der Waals surface area contributed by atoms with Gasteiger partial charge in [-0.2, -0.15) is 0 Å². The Hall–Kier alpha value is -4.34. The molecule has 0 fully saturated rings. The Morgan fingerprint density at radius 3 is 2.59 bits per heavy atom. The number of halogens is 1. The number of nitrogens with one attached hydrogen (secondary N) is 1. The van der Waals surface area contributed by atoms with Crippen LogP contribution < -0.4 is 20.4 Å². The average molecular weight is 558 g/mol. The molecule has 196 valence electrons. The molecule has 1 aliphatic rings. The summed E-state index contributed by atoms with van der Waals surface area (Å²) in [5.41, 5.74) is 5.15. The van der Waals surface area contributed by atoms with Gasteiger partial charge in [-0.05, 0) is 55.0 Å². The fourth-order valence-electron chi connectivity index (χ4n) is 4.60. The fourth-order valence-corrected chi connectivity index (χ4v) is 5.64. The van der Waals surface area contributed by atoms with E-state index in [4.69, 9.17) is 21.3 Å². The van der Waals surface area contributed by atoms with E-state index in [0.717, 1.165) is 28.2 Å². The van der Waals surface area contributed by atoms with Gasteiger partial charge in [-0.3, -0.25) is 14.3 Å². The van der Waals surface area contributed by atoms with Crippen molar-refractivity contribution in [3.05, 3.63) is 110 Å². The third-order valence-corrected chi connectivity index (χ3v) is 7.81. The van der Waals surface area contributed by atoms with Crippen molar-refractivity contribution < 1.29 is 9.53 Å². The normalized spacial score (nSPS) is 13.2. The number of aromatic nitrogens is 3. The van der Waals surface area contributed by atoms with E-state index in [-0.39, 0.29) is 18.1 Å². The molecule has 0 radical (unpaired) electrons. The zero-order chi connectivity index (χ0) is 27.1. The number of nitrogens with zero attached hydrogens (tertiary/aromatic N) is 4. The van der Waals surface area contributed by atoms with Crippen LogP contribution in [-0.4, -0.2) is 26.4 Å². The average Bonchev–Trinajstić information content (AvgIpc) is 3.43. The molecule has 39 heavy (non-hydrogen) atoms. The first kappa shape index (κ1) is 25.0. The fraction of sp³-hybridized carbons (Fsp3) is 0.138. The third-order valence-electron chi connectivity index (χ3n) is 6.69. The lowest BCUT2D eigenvalue weighted by Gasteiger charge is -2.19. The first-order valence-electron chi connectivity index (χ1n) is 12.3. The van der Waals surface area contributed by atoms with E-state index in [1.54, 1.807) is 4.68 Å². The number of fused-ring (bicyclic) bond motifs is 1. The first-order valence-corrected chi connectivity index (χ1v) is 13.5.